The Balaban J connectivity index is 0.00000180. The first-order valence-electron chi connectivity index (χ1n) is 5.89. The van der Waals surface area contributed by atoms with Crippen LogP contribution in [0.3, 0.4) is 0 Å². The van der Waals surface area contributed by atoms with Crippen LogP contribution in [0.1, 0.15) is 11.7 Å². The predicted molar refractivity (Wildman–Crippen MR) is 76.7 cm³/mol. The van der Waals surface area contributed by atoms with Crippen molar-refractivity contribution in [3.05, 3.63) is 22.4 Å². The van der Waals surface area contributed by atoms with E-state index >= 15 is 0 Å². The molecule has 1 aliphatic heterocycles. The first kappa shape index (κ1) is 16.4. The number of methoxy groups -OCH3 is 1. The van der Waals surface area contributed by atoms with Crippen LogP contribution in [0.25, 0.3) is 0 Å². The third kappa shape index (κ3) is 4.15. The van der Waals surface area contributed by atoms with E-state index < -0.39 is 6.04 Å². The summed E-state index contributed by atoms with van der Waals surface area (Å²) < 4.78 is 10.6. The molecule has 2 heterocycles. The van der Waals surface area contributed by atoms with Crippen LogP contribution >= 0.6 is 23.7 Å². The van der Waals surface area contributed by atoms with Gasteiger partial charge in [0.2, 0.25) is 5.91 Å². The van der Waals surface area contributed by atoms with E-state index in [4.69, 9.17) is 15.2 Å². The summed E-state index contributed by atoms with van der Waals surface area (Å²) in [5, 5.41) is 4.06. The van der Waals surface area contributed by atoms with E-state index in [0.29, 0.717) is 19.7 Å². The summed E-state index contributed by atoms with van der Waals surface area (Å²) in [7, 11) is 1.54. The fourth-order valence-electron chi connectivity index (χ4n) is 1.99. The van der Waals surface area contributed by atoms with E-state index in [1.807, 2.05) is 16.8 Å². The minimum absolute atomic E-state index is 0. The third-order valence-corrected chi connectivity index (χ3v) is 3.66. The Bertz CT molecular complexity index is 388. The van der Waals surface area contributed by atoms with Crippen molar-refractivity contribution in [2.75, 3.05) is 33.4 Å². The maximum atomic E-state index is 12.1. The Kier molecular flexibility index (Phi) is 6.74. The zero-order valence-electron chi connectivity index (χ0n) is 10.8. The molecule has 0 bridgehead atoms. The summed E-state index contributed by atoms with van der Waals surface area (Å²) in [6.07, 6.45) is -0.0382. The van der Waals surface area contributed by atoms with Crippen molar-refractivity contribution in [1.82, 2.24) is 4.90 Å². The maximum absolute atomic E-state index is 12.1. The number of halogens is 1. The van der Waals surface area contributed by atoms with Crippen molar-refractivity contribution >= 4 is 29.7 Å². The van der Waals surface area contributed by atoms with E-state index in [-0.39, 0.29) is 31.0 Å². The molecule has 5 nitrogen and oxygen atoms in total. The van der Waals surface area contributed by atoms with Gasteiger partial charge < -0.3 is 20.1 Å². The van der Waals surface area contributed by atoms with Gasteiger partial charge in [0.15, 0.2) is 0 Å². The average molecular weight is 307 g/mol. The Morgan fingerprint density at radius 2 is 2.53 bits per heavy atom. The molecule has 0 radical (unpaired) electrons. The monoisotopic (exact) mass is 306 g/mol. The molecule has 2 rings (SSSR count). The van der Waals surface area contributed by atoms with Crippen molar-refractivity contribution < 1.29 is 14.3 Å². The molecule has 2 N–H and O–H groups in total. The normalized spacial score (nSPS) is 20.7. The Morgan fingerprint density at radius 3 is 3.16 bits per heavy atom. The lowest BCUT2D eigenvalue weighted by Crippen LogP contribution is -2.50. The average Bonchev–Trinajstić information content (AvgIpc) is 2.92. The van der Waals surface area contributed by atoms with E-state index in [0.717, 1.165) is 5.56 Å². The minimum atomic E-state index is -0.587. The minimum Gasteiger partial charge on any atom is -0.383 e. The molecule has 1 saturated heterocycles. The van der Waals surface area contributed by atoms with Crippen LogP contribution in [0.4, 0.5) is 0 Å². The van der Waals surface area contributed by atoms with Gasteiger partial charge in [0, 0.05) is 13.7 Å². The number of rotatable bonds is 4. The number of ether oxygens (including phenoxy) is 2. The lowest BCUT2D eigenvalue weighted by atomic mass is 10.1. The molecule has 2 unspecified atom stereocenters. The van der Waals surface area contributed by atoms with E-state index in [1.54, 1.807) is 23.3 Å². The van der Waals surface area contributed by atoms with Gasteiger partial charge in [-0.15, -0.1) is 12.4 Å². The lowest BCUT2D eigenvalue weighted by Gasteiger charge is -2.34. The van der Waals surface area contributed by atoms with Crippen molar-refractivity contribution in [3.8, 4) is 0 Å². The molecule has 1 aromatic rings. The van der Waals surface area contributed by atoms with Gasteiger partial charge in [0.05, 0.1) is 19.8 Å². The lowest BCUT2D eigenvalue weighted by molar-refractivity contribution is -0.141. The molecule has 1 aromatic heterocycles. The van der Waals surface area contributed by atoms with E-state index in [2.05, 4.69) is 0 Å². The Hall–Kier alpha value is -0.660. The van der Waals surface area contributed by atoms with Gasteiger partial charge in [0.1, 0.15) is 12.1 Å². The second-order valence-corrected chi connectivity index (χ2v) is 5.04. The van der Waals surface area contributed by atoms with E-state index in [9.17, 15) is 4.79 Å². The zero-order chi connectivity index (χ0) is 13.0. The summed E-state index contributed by atoms with van der Waals surface area (Å²) in [6, 6.07) is 1.44. The second-order valence-electron chi connectivity index (χ2n) is 4.26. The summed E-state index contributed by atoms with van der Waals surface area (Å²) in [5.74, 6) is -0.0691. The van der Waals surface area contributed by atoms with Crippen molar-refractivity contribution in [2.24, 2.45) is 5.73 Å². The number of hydrogen-bond donors (Lipinski definition) is 1. The number of hydrogen-bond acceptors (Lipinski definition) is 5. The molecule has 0 aromatic carbocycles. The molecule has 1 aliphatic rings. The van der Waals surface area contributed by atoms with Gasteiger partial charge in [-0.05, 0) is 22.4 Å². The topological polar surface area (TPSA) is 64.8 Å². The van der Waals surface area contributed by atoms with Gasteiger partial charge in [-0.2, -0.15) is 11.3 Å². The van der Waals surface area contributed by atoms with Crippen LogP contribution in [0.5, 0.6) is 0 Å². The van der Waals surface area contributed by atoms with Gasteiger partial charge in [-0.3, -0.25) is 4.79 Å². The van der Waals surface area contributed by atoms with Crippen molar-refractivity contribution in [3.63, 3.8) is 0 Å². The van der Waals surface area contributed by atoms with Gasteiger partial charge >= 0.3 is 0 Å². The Morgan fingerprint density at radius 1 is 1.74 bits per heavy atom. The number of nitrogens with two attached hydrogens (primary N) is 1. The van der Waals surface area contributed by atoms with Crippen molar-refractivity contribution in [1.29, 1.82) is 0 Å². The molecular weight excluding hydrogens is 288 g/mol. The number of carbonyl (C=O) groups excluding carboxylic acids is 1. The SMILES string of the molecule is COCC(N)C(=O)N1CCOC(c2ccsc2)C1.Cl. The highest BCUT2D eigenvalue weighted by Gasteiger charge is 2.28. The van der Waals surface area contributed by atoms with Gasteiger partial charge in [-0.25, -0.2) is 0 Å². The Labute approximate surface area is 123 Å². The molecule has 1 amide bonds. The fraction of sp³-hybridized carbons (Fsp3) is 0.583. The summed E-state index contributed by atoms with van der Waals surface area (Å²) in [4.78, 5) is 13.8. The number of thiophene rings is 1. The predicted octanol–water partition coefficient (Wildman–Crippen LogP) is 1.04. The first-order valence-corrected chi connectivity index (χ1v) is 6.83. The molecule has 0 saturated carbocycles. The van der Waals surface area contributed by atoms with Crippen molar-refractivity contribution in [2.45, 2.75) is 12.1 Å². The first-order chi connectivity index (χ1) is 8.72. The maximum Gasteiger partial charge on any atom is 0.242 e. The largest absolute Gasteiger partial charge is 0.383 e. The molecule has 108 valence electrons. The molecule has 0 aliphatic carbocycles. The summed E-state index contributed by atoms with van der Waals surface area (Å²) >= 11 is 1.63. The van der Waals surface area contributed by atoms with E-state index in [1.165, 1.54) is 0 Å². The van der Waals surface area contributed by atoms with Crippen LogP contribution < -0.4 is 5.73 Å². The van der Waals surface area contributed by atoms with Gasteiger partial charge in [0.25, 0.3) is 0 Å². The van der Waals surface area contributed by atoms with Crippen LogP contribution in [0.2, 0.25) is 0 Å². The molecule has 19 heavy (non-hydrogen) atoms. The third-order valence-electron chi connectivity index (χ3n) is 2.96. The summed E-state index contributed by atoms with van der Waals surface area (Å²) in [6.45, 7) is 1.95. The molecule has 7 heteroatoms. The molecule has 1 fully saturated rings. The molecule has 2 atom stereocenters. The highest BCUT2D eigenvalue weighted by molar-refractivity contribution is 7.07. The fourth-order valence-corrected chi connectivity index (χ4v) is 2.70. The number of morpholine rings is 1. The van der Waals surface area contributed by atoms with Crippen LogP contribution in [-0.4, -0.2) is 50.3 Å². The number of carbonyl (C=O) groups is 1. The number of nitrogens with zero attached hydrogens (tertiary/aromatic N) is 1. The highest BCUT2D eigenvalue weighted by Crippen LogP contribution is 2.24. The summed E-state index contributed by atoms with van der Waals surface area (Å²) in [5.41, 5.74) is 6.89. The quantitative estimate of drug-likeness (QED) is 0.903. The molecular formula is C12H19ClN2O3S. The number of amides is 1. The highest BCUT2D eigenvalue weighted by atomic mass is 35.5. The second kappa shape index (κ2) is 7.81. The van der Waals surface area contributed by atoms with Gasteiger partial charge in [-0.1, -0.05) is 0 Å². The zero-order valence-corrected chi connectivity index (χ0v) is 12.4. The van der Waals surface area contributed by atoms with Crippen LogP contribution in [0.15, 0.2) is 16.8 Å². The standard InChI is InChI=1S/C12H18N2O3S.ClH/c1-16-7-10(13)12(15)14-3-4-17-11(6-14)9-2-5-18-8-9;/h2,5,8,10-11H,3-4,6-7,13H2,1H3;1H. The smallest absolute Gasteiger partial charge is 0.242 e. The van der Waals surface area contributed by atoms with Crippen LogP contribution in [0, 0.1) is 0 Å². The van der Waals surface area contributed by atoms with Crippen LogP contribution in [-0.2, 0) is 14.3 Å². The molecule has 0 spiro atoms.